The summed E-state index contributed by atoms with van der Waals surface area (Å²) >= 11 is 0. The van der Waals surface area contributed by atoms with Crippen molar-refractivity contribution in [3.8, 4) is 0 Å². The van der Waals surface area contributed by atoms with Crippen LogP contribution in [0.1, 0.15) is 65.7 Å². The quantitative estimate of drug-likeness (QED) is 0.607. The molecule has 5 nitrogen and oxygen atoms in total. The maximum Gasteiger partial charge on any atom is 0.139 e. The van der Waals surface area contributed by atoms with Crippen LogP contribution >= 0.6 is 0 Å². The van der Waals surface area contributed by atoms with Gasteiger partial charge in [-0.2, -0.15) is 0 Å². The number of carbonyl (C=O) groups is 2. The van der Waals surface area contributed by atoms with Crippen molar-refractivity contribution in [2.45, 2.75) is 65.7 Å². The van der Waals surface area contributed by atoms with Crippen LogP contribution in [0.25, 0.3) is 0 Å². The number of carbonyl (C=O) groups excluding carboxylic acids is 2. The summed E-state index contributed by atoms with van der Waals surface area (Å²) in [5, 5.41) is 4.33. The molecule has 0 aromatic rings. The van der Waals surface area contributed by atoms with E-state index >= 15 is 0 Å². The first-order valence-electron chi connectivity index (χ1n) is 10.8. The highest BCUT2D eigenvalue weighted by atomic mass is 16.6. The van der Waals surface area contributed by atoms with Gasteiger partial charge >= 0.3 is 0 Å². The molecule has 7 atom stereocenters. The van der Waals surface area contributed by atoms with Crippen molar-refractivity contribution in [2.75, 3.05) is 13.2 Å². The fourth-order valence-electron chi connectivity index (χ4n) is 7.30. The topological polar surface area (TPSA) is 81.8 Å². The van der Waals surface area contributed by atoms with Crippen molar-refractivity contribution in [3.05, 3.63) is 0 Å². The molecular weight excluding hydrogens is 340 g/mol. The highest BCUT2D eigenvalue weighted by Crippen LogP contribution is 2.64. The molecule has 0 heterocycles. The minimum absolute atomic E-state index is 0.0271. The predicted molar refractivity (Wildman–Crippen MR) is 104 cm³/mol. The van der Waals surface area contributed by atoms with Crippen LogP contribution in [0.3, 0.4) is 0 Å². The third kappa shape index (κ3) is 2.80. The molecule has 2 N–H and O–H groups in total. The molecule has 0 spiro atoms. The van der Waals surface area contributed by atoms with E-state index in [1.165, 1.54) is 0 Å². The van der Waals surface area contributed by atoms with E-state index in [0.29, 0.717) is 61.2 Å². The molecule has 5 heteroatoms. The van der Waals surface area contributed by atoms with Gasteiger partial charge in [-0.15, -0.1) is 0 Å². The SMILES string of the molecule is C[C@@H]1C[C@@]2(C)[C@H](C/C1=N/OCCN)C(=O)C[C@@H]1[C@@H]2CC[C@]2(C)C(=O)CC[C@@H]12. The zero-order valence-electron chi connectivity index (χ0n) is 17.0. The van der Waals surface area contributed by atoms with Gasteiger partial charge in [0.15, 0.2) is 0 Å². The highest BCUT2D eigenvalue weighted by molar-refractivity contribution is 5.94. The minimum atomic E-state index is -0.173. The molecule has 4 saturated carbocycles. The van der Waals surface area contributed by atoms with Crippen LogP contribution in [0.2, 0.25) is 0 Å². The minimum Gasteiger partial charge on any atom is -0.394 e. The van der Waals surface area contributed by atoms with E-state index in [1.54, 1.807) is 0 Å². The summed E-state index contributed by atoms with van der Waals surface area (Å²) < 4.78 is 0. The standard InChI is InChI=1S/C22H34N2O3/c1-13-12-22(3)16-6-7-21(2)15(4-5-20(21)26)14(16)10-19(25)17(22)11-18(13)24-27-9-8-23/h13-17H,4-12,23H2,1-3H3/b24-18-/t13-,14+,15+,16+,17-,21+,22-/m1/s1. The lowest BCUT2D eigenvalue weighted by Crippen LogP contribution is -2.57. The molecule has 150 valence electrons. The third-order valence-electron chi connectivity index (χ3n) is 8.73. The Morgan fingerprint density at radius 1 is 1.19 bits per heavy atom. The summed E-state index contributed by atoms with van der Waals surface area (Å²) in [6.07, 6.45) is 6.17. The van der Waals surface area contributed by atoms with Gasteiger partial charge in [0.2, 0.25) is 0 Å². The van der Waals surface area contributed by atoms with E-state index < -0.39 is 0 Å². The van der Waals surface area contributed by atoms with E-state index in [-0.39, 0.29) is 16.7 Å². The summed E-state index contributed by atoms with van der Waals surface area (Å²) in [4.78, 5) is 31.1. The van der Waals surface area contributed by atoms with Crippen LogP contribution in [-0.4, -0.2) is 30.4 Å². The monoisotopic (exact) mass is 374 g/mol. The average molecular weight is 375 g/mol. The van der Waals surface area contributed by atoms with Crippen molar-refractivity contribution in [1.82, 2.24) is 0 Å². The van der Waals surface area contributed by atoms with Gasteiger partial charge in [0.05, 0.1) is 5.71 Å². The van der Waals surface area contributed by atoms with Crippen molar-refractivity contribution < 1.29 is 14.4 Å². The molecule has 0 amide bonds. The number of fused-ring (bicyclic) bond motifs is 5. The lowest BCUT2D eigenvalue weighted by atomic mass is 9.44. The van der Waals surface area contributed by atoms with Crippen LogP contribution < -0.4 is 5.73 Å². The molecule has 4 aliphatic rings. The highest BCUT2D eigenvalue weighted by Gasteiger charge is 2.62. The number of nitrogens with two attached hydrogens (primary N) is 1. The number of hydrogen-bond acceptors (Lipinski definition) is 5. The largest absolute Gasteiger partial charge is 0.394 e. The van der Waals surface area contributed by atoms with Gasteiger partial charge in [-0.25, -0.2) is 0 Å². The van der Waals surface area contributed by atoms with Crippen molar-refractivity contribution in [3.63, 3.8) is 0 Å². The van der Waals surface area contributed by atoms with Gasteiger partial charge < -0.3 is 10.6 Å². The number of nitrogens with zero attached hydrogens (tertiary/aromatic N) is 1. The van der Waals surface area contributed by atoms with E-state index in [2.05, 4.69) is 25.9 Å². The average Bonchev–Trinajstić information content (AvgIpc) is 2.92. The smallest absolute Gasteiger partial charge is 0.139 e. The molecule has 4 aliphatic carbocycles. The molecule has 0 aromatic carbocycles. The lowest BCUT2D eigenvalue weighted by Gasteiger charge is -2.59. The summed E-state index contributed by atoms with van der Waals surface area (Å²) in [5.74, 6) is 2.56. The van der Waals surface area contributed by atoms with Crippen LogP contribution in [0.15, 0.2) is 5.16 Å². The molecule has 27 heavy (non-hydrogen) atoms. The first kappa shape index (κ1) is 19.1. The second-order valence-electron chi connectivity index (χ2n) is 10.0. The molecule has 0 saturated heterocycles. The Morgan fingerprint density at radius 3 is 2.70 bits per heavy atom. The fraction of sp³-hybridized carbons (Fsp3) is 0.864. The maximum absolute atomic E-state index is 13.2. The van der Waals surface area contributed by atoms with E-state index in [9.17, 15) is 9.59 Å². The molecule has 0 radical (unpaired) electrons. The Bertz CT molecular complexity index is 674. The van der Waals surface area contributed by atoms with Crippen molar-refractivity contribution in [1.29, 1.82) is 0 Å². The molecule has 4 rings (SSSR count). The number of rotatable bonds is 3. The Balaban J connectivity index is 1.61. The number of hydrogen-bond donors (Lipinski definition) is 1. The number of ketones is 2. The van der Waals surface area contributed by atoms with Gasteiger partial charge in [0.1, 0.15) is 18.2 Å². The molecular formula is C22H34N2O3. The zero-order chi connectivity index (χ0) is 19.4. The van der Waals surface area contributed by atoms with Gasteiger partial charge in [0, 0.05) is 30.7 Å². The predicted octanol–water partition coefficient (Wildman–Crippen LogP) is 3.35. The Morgan fingerprint density at radius 2 is 1.96 bits per heavy atom. The van der Waals surface area contributed by atoms with Crippen molar-refractivity contribution in [2.24, 2.45) is 51.3 Å². The summed E-state index contributed by atoms with van der Waals surface area (Å²) in [5.41, 5.74) is 6.37. The second kappa shape index (κ2) is 6.68. The molecule has 0 unspecified atom stereocenters. The Hall–Kier alpha value is -1.23. The summed E-state index contributed by atoms with van der Waals surface area (Å²) in [6.45, 7) is 7.61. The zero-order valence-corrected chi connectivity index (χ0v) is 17.0. The molecule has 0 aromatic heterocycles. The fourth-order valence-corrected chi connectivity index (χ4v) is 7.30. The second-order valence-corrected chi connectivity index (χ2v) is 10.0. The van der Waals surface area contributed by atoms with Gasteiger partial charge in [-0.1, -0.05) is 25.9 Å². The first-order chi connectivity index (χ1) is 12.8. The van der Waals surface area contributed by atoms with Gasteiger partial charge in [0.25, 0.3) is 0 Å². The van der Waals surface area contributed by atoms with Crippen LogP contribution in [-0.2, 0) is 14.4 Å². The molecule has 4 fully saturated rings. The Labute approximate surface area is 162 Å². The van der Waals surface area contributed by atoms with E-state index in [1.807, 2.05) is 0 Å². The number of oxime groups is 1. The molecule has 0 aliphatic heterocycles. The summed E-state index contributed by atoms with van der Waals surface area (Å²) in [6, 6.07) is 0. The molecule has 0 bridgehead atoms. The van der Waals surface area contributed by atoms with E-state index in [0.717, 1.165) is 37.8 Å². The van der Waals surface area contributed by atoms with Crippen LogP contribution in [0.4, 0.5) is 0 Å². The normalized spacial score (nSPS) is 48.1. The maximum atomic E-state index is 13.2. The van der Waals surface area contributed by atoms with Crippen LogP contribution in [0.5, 0.6) is 0 Å². The third-order valence-corrected chi connectivity index (χ3v) is 8.73. The van der Waals surface area contributed by atoms with Gasteiger partial charge in [-0.3, -0.25) is 9.59 Å². The number of Topliss-reactive ketones (excluding diaryl/α,β-unsaturated/α-hetero) is 2. The van der Waals surface area contributed by atoms with Gasteiger partial charge in [-0.05, 0) is 61.2 Å². The first-order valence-corrected chi connectivity index (χ1v) is 10.8. The van der Waals surface area contributed by atoms with Crippen LogP contribution in [0, 0.1) is 40.4 Å². The van der Waals surface area contributed by atoms with E-state index in [4.69, 9.17) is 10.6 Å². The lowest BCUT2D eigenvalue weighted by molar-refractivity contribution is -0.153. The Kier molecular flexibility index (Phi) is 4.73. The van der Waals surface area contributed by atoms with Crippen molar-refractivity contribution >= 4 is 17.3 Å². The summed E-state index contributed by atoms with van der Waals surface area (Å²) in [7, 11) is 0.